The molecule has 1 saturated heterocycles. The number of methoxy groups -OCH3 is 1. The van der Waals surface area contributed by atoms with Gasteiger partial charge in [-0.3, -0.25) is 0 Å². The lowest BCUT2D eigenvalue weighted by atomic mass is 9.39. The van der Waals surface area contributed by atoms with Crippen molar-refractivity contribution in [2.45, 2.75) is 104 Å². The van der Waals surface area contributed by atoms with Crippen molar-refractivity contribution in [1.82, 2.24) is 0 Å². The van der Waals surface area contributed by atoms with Crippen molar-refractivity contribution in [1.29, 1.82) is 0 Å². The third-order valence-electron chi connectivity index (χ3n) is 10.5. The lowest BCUT2D eigenvalue weighted by Gasteiger charge is -2.65. The molecular formula is C33H45BO4. The maximum Gasteiger partial charge on any atom is 0.495 e. The van der Waals surface area contributed by atoms with E-state index in [2.05, 4.69) is 84.9 Å². The summed E-state index contributed by atoms with van der Waals surface area (Å²) < 4.78 is 25.1. The second kappa shape index (κ2) is 8.59. The van der Waals surface area contributed by atoms with Crippen LogP contribution in [0.15, 0.2) is 36.4 Å². The van der Waals surface area contributed by atoms with Crippen LogP contribution in [0.3, 0.4) is 0 Å². The predicted molar refractivity (Wildman–Crippen MR) is 154 cm³/mol. The van der Waals surface area contributed by atoms with E-state index < -0.39 is 18.3 Å². The molecule has 4 bridgehead atoms. The molecule has 4 aliphatic carbocycles. The smallest absolute Gasteiger partial charge is 0.467 e. The van der Waals surface area contributed by atoms with Gasteiger partial charge in [0, 0.05) is 23.7 Å². The van der Waals surface area contributed by atoms with E-state index in [4.69, 9.17) is 18.8 Å². The molecule has 0 aromatic heterocycles. The van der Waals surface area contributed by atoms with Crippen LogP contribution in [0.5, 0.6) is 5.75 Å². The second-order valence-corrected chi connectivity index (χ2v) is 14.8. The van der Waals surface area contributed by atoms with Crippen LogP contribution in [0.25, 0.3) is 11.1 Å². The van der Waals surface area contributed by atoms with Crippen molar-refractivity contribution in [2.24, 2.45) is 16.7 Å². The molecule has 1 heterocycles. The quantitative estimate of drug-likeness (QED) is 0.301. The summed E-state index contributed by atoms with van der Waals surface area (Å²) in [5.41, 5.74) is 6.11. The standard InChI is InChI=1S/C33H45BO4/c1-22-13-25(24-11-9-10-12-27(24)34-37-29(2,3)30(4,5)38-34)28(36-21-35-8)26(14-22)33-17-23-15-31(6,19-33)18-32(7,16-23)20-33/h9-14,23H,15-21H2,1-8H3. The average Bonchev–Trinajstić information content (AvgIpc) is 3.02. The molecule has 2 aromatic carbocycles. The number of hydrogen-bond donors (Lipinski definition) is 0. The summed E-state index contributed by atoms with van der Waals surface area (Å²) in [6.07, 6.45) is 7.87. The van der Waals surface area contributed by atoms with Gasteiger partial charge in [0.2, 0.25) is 0 Å². The van der Waals surface area contributed by atoms with Crippen LogP contribution in [0.4, 0.5) is 0 Å². The fraction of sp³-hybridized carbons (Fsp3) is 0.636. The first-order chi connectivity index (χ1) is 17.8. The Bertz CT molecular complexity index is 1220. The Hall–Kier alpha value is -1.82. The minimum absolute atomic E-state index is 0.145. The third kappa shape index (κ3) is 4.16. The lowest BCUT2D eigenvalue weighted by molar-refractivity contribution is -0.110. The van der Waals surface area contributed by atoms with Gasteiger partial charge in [0.25, 0.3) is 0 Å². The molecule has 4 saturated carbocycles. The molecule has 2 aromatic rings. The first-order valence-electron chi connectivity index (χ1n) is 14.5. The maximum absolute atomic E-state index is 6.58. The Morgan fingerprint density at radius 3 is 2.08 bits per heavy atom. The Morgan fingerprint density at radius 2 is 1.47 bits per heavy atom. The van der Waals surface area contributed by atoms with Gasteiger partial charge in [0.05, 0.1) is 11.2 Å². The van der Waals surface area contributed by atoms with Gasteiger partial charge in [-0.25, -0.2) is 0 Å². The fourth-order valence-electron chi connectivity index (χ4n) is 9.31. The summed E-state index contributed by atoms with van der Waals surface area (Å²) in [7, 11) is 1.27. The Morgan fingerprint density at radius 1 is 0.842 bits per heavy atom. The Labute approximate surface area is 229 Å². The van der Waals surface area contributed by atoms with Gasteiger partial charge in [0.15, 0.2) is 6.79 Å². The van der Waals surface area contributed by atoms with Gasteiger partial charge in [-0.2, -0.15) is 0 Å². The molecule has 5 heteroatoms. The summed E-state index contributed by atoms with van der Waals surface area (Å²) >= 11 is 0. The van der Waals surface area contributed by atoms with Crippen LogP contribution in [0, 0.1) is 23.7 Å². The number of aryl methyl sites for hydroxylation is 1. The molecule has 2 unspecified atom stereocenters. The van der Waals surface area contributed by atoms with Crippen molar-refractivity contribution in [3.63, 3.8) is 0 Å². The topological polar surface area (TPSA) is 36.9 Å². The highest BCUT2D eigenvalue weighted by molar-refractivity contribution is 6.64. The summed E-state index contributed by atoms with van der Waals surface area (Å²) in [5.74, 6) is 1.79. The van der Waals surface area contributed by atoms with Gasteiger partial charge in [-0.1, -0.05) is 44.2 Å². The zero-order valence-corrected chi connectivity index (χ0v) is 24.7. The fourth-order valence-corrected chi connectivity index (χ4v) is 9.31. The maximum atomic E-state index is 6.58. The first kappa shape index (κ1) is 26.4. The zero-order chi connectivity index (χ0) is 27.1. The van der Waals surface area contributed by atoms with Crippen molar-refractivity contribution in [2.75, 3.05) is 13.9 Å². The van der Waals surface area contributed by atoms with Crippen LogP contribution in [-0.4, -0.2) is 32.2 Å². The normalized spacial score (nSPS) is 34.6. The summed E-state index contributed by atoms with van der Waals surface area (Å²) in [6, 6.07) is 13.2. The minimum atomic E-state index is -0.437. The van der Waals surface area contributed by atoms with Gasteiger partial charge < -0.3 is 18.8 Å². The number of ether oxygens (including phenoxy) is 2. The van der Waals surface area contributed by atoms with E-state index in [1.54, 1.807) is 7.11 Å². The van der Waals surface area contributed by atoms with Gasteiger partial charge in [-0.15, -0.1) is 0 Å². The van der Waals surface area contributed by atoms with Crippen molar-refractivity contribution >= 4 is 12.6 Å². The molecule has 2 atom stereocenters. The van der Waals surface area contributed by atoms with Crippen LogP contribution in [0.2, 0.25) is 0 Å². The van der Waals surface area contributed by atoms with Gasteiger partial charge in [0.1, 0.15) is 5.75 Å². The zero-order valence-electron chi connectivity index (χ0n) is 24.7. The molecule has 5 aliphatic rings. The van der Waals surface area contributed by atoms with Gasteiger partial charge in [-0.05, 0) is 113 Å². The third-order valence-corrected chi connectivity index (χ3v) is 10.5. The largest absolute Gasteiger partial charge is 0.495 e. The molecule has 0 N–H and O–H groups in total. The van der Waals surface area contributed by atoms with Crippen LogP contribution >= 0.6 is 0 Å². The van der Waals surface area contributed by atoms with E-state index in [0.717, 1.165) is 28.3 Å². The molecule has 0 spiro atoms. The molecule has 0 radical (unpaired) electrons. The number of hydrogen-bond acceptors (Lipinski definition) is 4. The lowest BCUT2D eigenvalue weighted by Crippen LogP contribution is -2.57. The van der Waals surface area contributed by atoms with Crippen LogP contribution < -0.4 is 10.2 Å². The molecule has 7 rings (SSSR count). The van der Waals surface area contributed by atoms with E-state index in [9.17, 15) is 0 Å². The van der Waals surface area contributed by atoms with Crippen molar-refractivity contribution in [3.05, 3.63) is 47.5 Å². The first-order valence-corrected chi connectivity index (χ1v) is 14.5. The summed E-state index contributed by atoms with van der Waals surface area (Å²) in [5, 5.41) is 0. The van der Waals surface area contributed by atoms with E-state index in [0.29, 0.717) is 10.8 Å². The molecule has 38 heavy (non-hydrogen) atoms. The molecule has 1 aliphatic heterocycles. The van der Waals surface area contributed by atoms with Crippen molar-refractivity contribution in [3.8, 4) is 16.9 Å². The van der Waals surface area contributed by atoms with Crippen molar-refractivity contribution < 1.29 is 18.8 Å². The average molecular weight is 517 g/mol. The SMILES string of the molecule is COCOc1c(-c2ccccc2B2OC(C)(C)C(C)(C)O2)cc(C)cc1C12CC3CC(C)(CC(C)(C3)C1)C2. The highest BCUT2D eigenvalue weighted by Gasteiger charge is 2.61. The number of rotatable bonds is 6. The summed E-state index contributed by atoms with van der Waals surface area (Å²) in [4.78, 5) is 0. The predicted octanol–water partition coefficient (Wildman–Crippen LogP) is 7.19. The Balaban J connectivity index is 1.51. The van der Waals surface area contributed by atoms with E-state index >= 15 is 0 Å². The van der Waals surface area contributed by atoms with Gasteiger partial charge >= 0.3 is 7.12 Å². The number of benzene rings is 2. The highest BCUT2D eigenvalue weighted by Crippen LogP contribution is 2.70. The van der Waals surface area contributed by atoms with E-state index in [1.165, 1.54) is 49.7 Å². The highest BCUT2D eigenvalue weighted by atomic mass is 16.7. The second-order valence-electron chi connectivity index (χ2n) is 14.8. The minimum Gasteiger partial charge on any atom is -0.467 e. The van der Waals surface area contributed by atoms with Crippen LogP contribution in [-0.2, 0) is 19.5 Å². The Kier molecular flexibility index (Phi) is 5.97. The van der Waals surface area contributed by atoms with E-state index in [-0.39, 0.29) is 12.2 Å². The molecule has 204 valence electrons. The molecule has 4 nitrogen and oxygen atoms in total. The molecular weight excluding hydrogens is 471 g/mol. The van der Waals surface area contributed by atoms with Crippen LogP contribution in [0.1, 0.15) is 91.2 Å². The monoisotopic (exact) mass is 516 g/mol. The summed E-state index contributed by atoms with van der Waals surface area (Å²) in [6.45, 7) is 16.0. The molecule has 5 fully saturated rings. The molecule has 0 amide bonds. The van der Waals surface area contributed by atoms with E-state index in [1.807, 2.05) is 0 Å².